The van der Waals surface area contributed by atoms with E-state index in [2.05, 4.69) is 10.3 Å². The molecule has 5 heteroatoms. The molecule has 3 N–H and O–H groups in total. The molecule has 0 spiro atoms. The number of hydrogen-bond donors (Lipinski definition) is 2. The van der Waals surface area contributed by atoms with Gasteiger partial charge in [-0.05, 0) is 18.9 Å². The van der Waals surface area contributed by atoms with Crippen molar-refractivity contribution < 1.29 is 4.74 Å². The highest BCUT2D eigenvalue weighted by atomic mass is 32.1. The number of anilines is 1. The van der Waals surface area contributed by atoms with Gasteiger partial charge in [-0.1, -0.05) is 31.5 Å². The highest BCUT2D eigenvalue weighted by molar-refractivity contribution is 7.80. The Morgan fingerprint density at radius 3 is 2.95 bits per heavy atom. The number of thiocarbonyl (C=S) groups is 1. The number of rotatable bonds is 6. The van der Waals surface area contributed by atoms with E-state index < -0.39 is 0 Å². The van der Waals surface area contributed by atoms with Gasteiger partial charge in [0.1, 0.15) is 4.99 Å². The molecule has 4 nitrogen and oxygen atoms in total. The average Bonchev–Trinajstić information content (AvgIpc) is 2.45. The Labute approximate surface area is 119 Å². The topological polar surface area (TPSA) is 60.2 Å². The Morgan fingerprint density at radius 2 is 2.21 bits per heavy atom. The van der Waals surface area contributed by atoms with Gasteiger partial charge >= 0.3 is 0 Å². The molecule has 1 aliphatic rings. The zero-order chi connectivity index (χ0) is 13.5. The number of nitrogens with two attached hydrogens (primary N) is 1. The van der Waals surface area contributed by atoms with E-state index in [1.807, 2.05) is 6.07 Å². The Morgan fingerprint density at radius 1 is 1.42 bits per heavy atom. The molecule has 0 amide bonds. The van der Waals surface area contributed by atoms with E-state index in [9.17, 15) is 0 Å². The highest BCUT2D eigenvalue weighted by Crippen LogP contribution is 2.20. The van der Waals surface area contributed by atoms with Crippen LogP contribution in [0.1, 0.15) is 37.7 Å². The lowest BCUT2D eigenvalue weighted by molar-refractivity contribution is 0.0347. The fraction of sp³-hybridized carbons (Fsp3) is 0.571. The summed E-state index contributed by atoms with van der Waals surface area (Å²) in [6.07, 6.45) is 10.2. The van der Waals surface area contributed by atoms with E-state index in [-0.39, 0.29) is 0 Å². The lowest BCUT2D eigenvalue weighted by Gasteiger charge is -2.22. The van der Waals surface area contributed by atoms with Crippen LogP contribution in [0.3, 0.4) is 0 Å². The van der Waals surface area contributed by atoms with Gasteiger partial charge in [-0.3, -0.25) is 4.98 Å². The summed E-state index contributed by atoms with van der Waals surface area (Å²) in [5, 5.41) is 3.28. The zero-order valence-electron chi connectivity index (χ0n) is 11.1. The van der Waals surface area contributed by atoms with Crippen LogP contribution in [0.25, 0.3) is 0 Å². The van der Waals surface area contributed by atoms with Crippen molar-refractivity contribution in [1.82, 2.24) is 4.98 Å². The molecule has 0 saturated heterocycles. The molecule has 1 heterocycles. The van der Waals surface area contributed by atoms with E-state index in [0.717, 1.165) is 17.8 Å². The quantitative estimate of drug-likeness (QED) is 0.619. The molecule has 19 heavy (non-hydrogen) atoms. The van der Waals surface area contributed by atoms with Crippen LogP contribution >= 0.6 is 12.2 Å². The van der Waals surface area contributed by atoms with E-state index in [4.69, 9.17) is 22.7 Å². The summed E-state index contributed by atoms with van der Waals surface area (Å²) in [6.45, 7) is 1.45. The summed E-state index contributed by atoms with van der Waals surface area (Å²) in [5.74, 6) is 0. The van der Waals surface area contributed by atoms with Crippen molar-refractivity contribution in [1.29, 1.82) is 0 Å². The highest BCUT2D eigenvalue weighted by Gasteiger charge is 2.13. The largest absolute Gasteiger partial charge is 0.389 e. The molecule has 0 radical (unpaired) electrons. The normalized spacial score (nSPS) is 16.2. The smallest absolute Gasteiger partial charge is 0.106 e. The van der Waals surface area contributed by atoms with E-state index in [1.54, 1.807) is 12.4 Å². The number of nitrogens with one attached hydrogen (secondary N) is 1. The molecule has 0 aromatic carbocycles. The Kier molecular flexibility index (Phi) is 5.54. The first-order valence-electron chi connectivity index (χ1n) is 6.86. The molecule has 1 saturated carbocycles. The molecule has 0 bridgehead atoms. The minimum atomic E-state index is 0.387. The molecule has 0 aliphatic heterocycles. The SMILES string of the molecule is NC(=S)c1ccncc1NCCOC1CCCCC1. The van der Waals surface area contributed by atoms with Gasteiger partial charge in [-0.25, -0.2) is 0 Å². The standard InChI is InChI=1S/C14H21N3OS/c15-14(19)12-6-7-16-10-13(12)17-8-9-18-11-4-2-1-3-5-11/h6-7,10-11,17H,1-5,8-9H2,(H2,15,19). The molecule has 0 atom stereocenters. The zero-order valence-corrected chi connectivity index (χ0v) is 11.9. The molecule has 1 aromatic heterocycles. The fourth-order valence-corrected chi connectivity index (χ4v) is 2.57. The number of ether oxygens (including phenoxy) is 1. The number of aromatic nitrogens is 1. The summed E-state index contributed by atoms with van der Waals surface area (Å²) in [5.41, 5.74) is 7.38. The van der Waals surface area contributed by atoms with Gasteiger partial charge in [0.25, 0.3) is 0 Å². The number of pyridine rings is 1. The molecule has 1 aliphatic carbocycles. The maximum Gasteiger partial charge on any atom is 0.106 e. The van der Waals surface area contributed by atoms with Gasteiger partial charge in [0.05, 0.1) is 24.6 Å². The van der Waals surface area contributed by atoms with Gasteiger partial charge in [-0.15, -0.1) is 0 Å². The Bertz CT molecular complexity index is 419. The average molecular weight is 279 g/mol. The van der Waals surface area contributed by atoms with Crippen LogP contribution in [0.5, 0.6) is 0 Å². The molecule has 1 aromatic rings. The van der Waals surface area contributed by atoms with Crippen LogP contribution in [0.2, 0.25) is 0 Å². The summed E-state index contributed by atoms with van der Waals surface area (Å²) in [7, 11) is 0. The fourth-order valence-electron chi connectivity index (χ4n) is 2.39. The van der Waals surface area contributed by atoms with Crippen LogP contribution < -0.4 is 11.1 Å². The van der Waals surface area contributed by atoms with Crippen LogP contribution in [0, 0.1) is 0 Å². The second-order valence-electron chi connectivity index (χ2n) is 4.84. The summed E-state index contributed by atoms with van der Waals surface area (Å²) in [4.78, 5) is 4.46. The third kappa shape index (κ3) is 4.44. The van der Waals surface area contributed by atoms with Crippen molar-refractivity contribution in [3.8, 4) is 0 Å². The van der Waals surface area contributed by atoms with E-state index in [1.165, 1.54) is 32.1 Å². The first-order valence-corrected chi connectivity index (χ1v) is 7.27. The molecular weight excluding hydrogens is 258 g/mol. The van der Waals surface area contributed by atoms with Crippen molar-refractivity contribution in [2.75, 3.05) is 18.5 Å². The predicted octanol–water partition coefficient (Wildman–Crippen LogP) is 2.48. The Balaban J connectivity index is 1.74. The molecule has 1 fully saturated rings. The third-order valence-electron chi connectivity index (χ3n) is 3.41. The van der Waals surface area contributed by atoms with Crippen LogP contribution in [-0.2, 0) is 4.74 Å². The second kappa shape index (κ2) is 7.40. The number of hydrogen-bond acceptors (Lipinski definition) is 4. The van der Waals surface area contributed by atoms with Gasteiger partial charge in [-0.2, -0.15) is 0 Å². The predicted molar refractivity (Wildman–Crippen MR) is 81.4 cm³/mol. The molecule has 0 unspecified atom stereocenters. The number of nitrogens with zero attached hydrogens (tertiary/aromatic N) is 1. The second-order valence-corrected chi connectivity index (χ2v) is 5.28. The van der Waals surface area contributed by atoms with Gasteiger partial charge < -0.3 is 15.8 Å². The first-order chi connectivity index (χ1) is 9.27. The maximum atomic E-state index is 5.86. The van der Waals surface area contributed by atoms with E-state index >= 15 is 0 Å². The van der Waals surface area contributed by atoms with Crippen LogP contribution in [0.15, 0.2) is 18.5 Å². The van der Waals surface area contributed by atoms with Gasteiger partial charge in [0.15, 0.2) is 0 Å². The maximum absolute atomic E-state index is 5.86. The van der Waals surface area contributed by atoms with Crippen LogP contribution in [0.4, 0.5) is 5.69 Å². The van der Waals surface area contributed by atoms with Crippen molar-refractivity contribution >= 4 is 22.9 Å². The summed E-state index contributed by atoms with van der Waals surface area (Å²) >= 11 is 5.01. The third-order valence-corrected chi connectivity index (χ3v) is 3.63. The first kappa shape index (κ1) is 14.2. The molecular formula is C14H21N3OS. The summed E-state index contributed by atoms with van der Waals surface area (Å²) < 4.78 is 5.86. The molecule has 104 valence electrons. The lowest BCUT2D eigenvalue weighted by Crippen LogP contribution is -2.21. The lowest BCUT2D eigenvalue weighted by atomic mass is 9.98. The molecule has 2 rings (SSSR count). The van der Waals surface area contributed by atoms with Crippen molar-refractivity contribution in [3.05, 3.63) is 24.0 Å². The van der Waals surface area contributed by atoms with Gasteiger partial charge in [0, 0.05) is 18.3 Å². The van der Waals surface area contributed by atoms with Crippen LogP contribution in [-0.4, -0.2) is 29.2 Å². The van der Waals surface area contributed by atoms with Crippen molar-refractivity contribution in [2.45, 2.75) is 38.2 Å². The monoisotopic (exact) mass is 279 g/mol. The van der Waals surface area contributed by atoms with Crippen molar-refractivity contribution in [2.24, 2.45) is 5.73 Å². The summed E-state index contributed by atoms with van der Waals surface area (Å²) in [6, 6.07) is 1.83. The van der Waals surface area contributed by atoms with E-state index in [0.29, 0.717) is 17.7 Å². The minimum Gasteiger partial charge on any atom is -0.389 e. The van der Waals surface area contributed by atoms with Gasteiger partial charge in [0.2, 0.25) is 0 Å². The minimum absolute atomic E-state index is 0.387. The van der Waals surface area contributed by atoms with Crippen molar-refractivity contribution in [3.63, 3.8) is 0 Å². The Hall–Kier alpha value is -1.20.